The monoisotopic (exact) mass is 309 g/mol. The lowest BCUT2D eigenvalue weighted by atomic mass is 9.86. The van der Waals surface area contributed by atoms with Gasteiger partial charge in [0.1, 0.15) is 0 Å². The number of rotatable bonds is 8. The Bertz CT molecular complexity index is 471. The maximum Gasteiger partial charge on any atom is 0.0963 e. The van der Waals surface area contributed by atoms with E-state index < -0.39 is 0 Å². The molecule has 3 nitrogen and oxygen atoms in total. The number of halogens is 1. The molecule has 0 saturated heterocycles. The summed E-state index contributed by atoms with van der Waals surface area (Å²) < 4.78 is 0. The van der Waals surface area contributed by atoms with E-state index in [1.54, 1.807) is 0 Å². The molecular weight excluding hydrogens is 282 g/mol. The average molecular weight is 310 g/mol. The molecule has 1 rings (SSSR count). The average Bonchev–Trinajstić information content (AvgIpc) is 2.43. The topological polar surface area (TPSA) is 53.1 Å². The zero-order valence-electron chi connectivity index (χ0n) is 13.6. The Morgan fingerprint density at radius 2 is 1.95 bits per heavy atom. The van der Waals surface area contributed by atoms with Gasteiger partial charge in [-0.3, -0.25) is 10.3 Å². The maximum atomic E-state index is 7.57. The minimum atomic E-state index is -0.188. The smallest absolute Gasteiger partial charge is 0.0963 e. The first-order valence-electron chi connectivity index (χ1n) is 7.55. The van der Waals surface area contributed by atoms with Gasteiger partial charge in [0, 0.05) is 16.5 Å². The largest absolute Gasteiger partial charge is 0.387 e. The summed E-state index contributed by atoms with van der Waals surface area (Å²) in [6, 6.07) is 8.32. The zero-order valence-corrected chi connectivity index (χ0v) is 14.4. The molecule has 0 radical (unpaired) electrons. The number of benzene rings is 1. The lowest BCUT2D eigenvalue weighted by molar-refractivity contribution is 0.251. The lowest BCUT2D eigenvalue weighted by Gasteiger charge is -2.27. The minimum absolute atomic E-state index is 0.188. The van der Waals surface area contributed by atoms with Crippen LogP contribution in [0.3, 0.4) is 0 Å². The van der Waals surface area contributed by atoms with Crippen molar-refractivity contribution in [2.75, 3.05) is 13.6 Å². The van der Waals surface area contributed by atoms with Crippen LogP contribution in [0, 0.1) is 10.8 Å². The van der Waals surface area contributed by atoms with Crippen LogP contribution in [-0.2, 0) is 0 Å². The second kappa shape index (κ2) is 7.81. The Hall–Kier alpha value is -1.06. The van der Waals surface area contributed by atoms with Crippen LogP contribution in [0.4, 0.5) is 0 Å². The molecule has 0 fully saturated rings. The molecule has 0 bridgehead atoms. The molecule has 4 heteroatoms. The SMILES string of the molecule is CC(c1ccccc1Cl)N(C)CCCCC(C)(C)C(=N)N. The van der Waals surface area contributed by atoms with E-state index in [1.807, 2.05) is 32.0 Å². The fourth-order valence-corrected chi connectivity index (χ4v) is 2.60. The molecule has 3 N–H and O–H groups in total. The van der Waals surface area contributed by atoms with Crippen LogP contribution in [0.15, 0.2) is 24.3 Å². The number of nitrogens with one attached hydrogen (secondary N) is 1. The Morgan fingerprint density at radius 1 is 1.33 bits per heavy atom. The third-order valence-electron chi connectivity index (χ3n) is 4.31. The van der Waals surface area contributed by atoms with Crippen LogP contribution in [-0.4, -0.2) is 24.3 Å². The van der Waals surface area contributed by atoms with Gasteiger partial charge in [0.25, 0.3) is 0 Å². The van der Waals surface area contributed by atoms with Crippen molar-refractivity contribution < 1.29 is 0 Å². The predicted octanol–water partition coefficient (Wildman–Crippen LogP) is 4.47. The number of nitrogens with two attached hydrogens (primary N) is 1. The van der Waals surface area contributed by atoms with E-state index in [-0.39, 0.29) is 11.3 Å². The number of unbranched alkanes of at least 4 members (excludes halogenated alkanes) is 1. The van der Waals surface area contributed by atoms with Crippen molar-refractivity contribution in [1.29, 1.82) is 5.41 Å². The molecule has 0 aromatic heterocycles. The first kappa shape index (κ1) is 18.0. The lowest BCUT2D eigenvalue weighted by Crippen LogP contribution is -2.31. The molecule has 1 atom stereocenters. The first-order valence-corrected chi connectivity index (χ1v) is 7.92. The molecule has 118 valence electrons. The normalized spacial score (nSPS) is 13.4. The standard InChI is InChI=1S/C17H28ClN3/c1-13(14-9-5-6-10-15(14)18)21(4)12-8-7-11-17(2,3)16(19)20/h5-6,9-10,13H,7-8,11-12H2,1-4H3,(H3,19,20). The summed E-state index contributed by atoms with van der Waals surface area (Å²) in [6.07, 6.45) is 3.13. The number of hydrogen-bond donors (Lipinski definition) is 2. The van der Waals surface area contributed by atoms with Gasteiger partial charge in [-0.25, -0.2) is 0 Å². The van der Waals surface area contributed by atoms with E-state index in [2.05, 4.69) is 24.9 Å². The van der Waals surface area contributed by atoms with E-state index in [1.165, 1.54) is 5.56 Å². The van der Waals surface area contributed by atoms with Gasteiger partial charge in [0.15, 0.2) is 0 Å². The van der Waals surface area contributed by atoms with Gasteiger partial charge in [0.05, 0.1) is 5.84 Å². The quantitative estimate of drug-likeness (QED) is 0.423. The highest BCUT2D eigenvalue weighted by molar-refractivity contribution is 6.31. The van der Waals surface area contributed by atoms with Gasteiger partial charge in [-0.1, -0.05) is 50.1 Å². The van der Waals surface area contributed by atoms with Gasteiger partial charge < -0.3 is 5.73 Å². The van der Waals surface area contributed by atoms with Crippen LogP contribution in [0.1, 0.15) is 51.6 Å². The fourth-order valence-electron chi connectivity index (χ4n) is 2.31. The minimum Gasteiger partial charge on any atom is -0.387 e. The molecule has 0 saturated carbocycles. The molecule has 21 heavy (non-hydrogen) atoms. The van der Waals surface area contributed by atoms with Crippen molar-refractivity contribution in [3.05, 3.63) is 34.9 Å². The van der Waals surface area contributed by atoms with Gasteiger partial charge in [-0.15, -0.1) is 0 Å². The Balaban J connectivity index is 2.42. The molecule has 1 unspecified atom stereocenters. The van der Waals surface area contributed by atoms with E-state index in [9.17, 15) is 0 Å². The summed E-state index contributed by atoms with van der Waals surface area (Å²) in [4.78, 5) is 2.32. The molecule has 0 amide bonds. The molecule has 0 aliphatic carbocycles. The summed E-state index contributed by atoms with van der Waals surface area (Å²) >= 11 is 6.26. The summed E-state index contributed by atoms with van der Waals surface area (Å²) in [5.74, 6) is 0.278. The second-order valence-electron chi connectivity index (χ2n) is 6.43. The first-order chi connectivity index (χ1) is 9.75. The summed E-state index contributed by atoms with van der Waals surface area (Å²) in [7, 11) is 2.13. The molecular formula is C17H28ClN3. The van der Waals surface area contributed by atoms with Gasteiger partial charge in [-0.2, -0.15) is 0 Å². The zero-order chi connectivity index (χ0) is 16.0. The Kier molecular flexibility index (Phi) is 6.69. The summed E-state index contributed by atoms with van der Waals surface area (Å²) in [6.45, 7) is 7.26. The fraction of sp³-hybridized carbons (Fsp3) is 0.588. The van der Waals surface area contributed by atoms with Crippen molar-refractivity contribution >= 4 is 17.4 Å². The van der Waals surface area contributed by atoms with Crippen molar-refractivity contribution in [3.8, 4) is 0 Å². The van der Waals surface area contributed by atoms with Crippen molar-refractivity contribution in [3.63, 3.8) is 0 Å². The van der Waals surface area contributed by atoms with Crippen LogP contribution in [0.2, 0.25) is 5.02 Å². The Morgan fingerprint density at radius 3 is 2.52 bits per heavy atom. The van der Waals surface area contributed by atoms with Gasteiger partial charge >= 0.3 is 0 Å². The van der Waals surface area contributed by atoms with Gasteiger partial charge in [-0.05, 0) is 45.0 Å². The maximum absolute atomic E-state index is 7.57. The molecule has 0 aliphatic heterocycles. The van der Waals surface area contributed by atoms with E-state index >= 15 is 0 Å². The second-order valence-corrected chi connectivity index (χ2v) is 6.84. The van der Waals surface area contributed by atoms with Crippen molar-refractivity contribution in [1.82, 2.24) is 4.90 Å². The molecule has 1 aromatic carbocycles. The molecule has 1 aromatic rings. The van der Waals surface area contributed by atoms with Crippen LogP contribution in [0.25, 0.3) is 0 Å². The van der Waals surface area contributed by atoms with E-state index in [0.29, 0.717) is 6.04 Å². The number of nitrogens with zero attached hydrogens (tertiary/aromatic N) is 1. The van der Waals surface area contributed by atoms with Gasteiger partial charge in [0.2, 0.25) is 0 Å². The third-order valence-corrected chi connectivity index (χ3v) is 4.65. The number of amidine groups is 1. The third kappa shape index (κ3) is 5.33. The van der Waals surface area contributed by atoms with Crippen molar-refractivity contribution in [2.24, 2.45) is 11.1 Å². The Labute approximate surface area is 134 Å². The summed E-state index contributed by atoms with van der Waals surface area (Å²) in [5, 5.41) is 8.40. The highest BCUT2D eigenvalue weighted by atomic mass is 35.5. The molecule has 0 heterocycles. The molecule has 0 spiro atoms. The van der Waals surface area contributed by atoms with Crippen LogP contribution < -0.4 is 5.73 Å². The van der Waals surface area contributed by atoms with Crippen LogP contribution >= 0.6 is 11.6 Å². The van der Waals surface area contributed by atoms with Crippen LogP contribution in [0.5, 0.6) is 0 Å². The number of hydrogen-bond acceptors (Lipinski definition) is 2. The highest BCUT2D eigenvalue weighted by Gasteiger charge is 2.21. The van der Waals surface area contributed by atoms with E-state index in [4.69, 9.17) is 22.7 Å². The highest BCUT2D eigenvalue weighted by Crippen LogP contribution is 2.27. The van der Waals surface area contributed by atoms with E-state index in [0.717, 1.165) is 30.8 Å². The predicted molar refractivity (Wildman–Crippen MR) is 92.0 cm³/mol. The molecule has 0 aliphatic rings. The summed E-state index contributed by atoms with van der Waals surface area (Å²) in [5.41, 5.74) is 6.60. The van der Waals surface area contributed by atoms with Crippen molar-refractivity contribution in [2.45, 2.75) is 46.1 Å².